The van der Waals surface area contributed by atoms with Crippen molar-refractivity contribution in [2.45, 2.75) is 18.9 Å². The van der Waals surface area contributed by atoms with E-state index in [9.17, 15) is 9.59 Å². The van der Waals surface area contributed by atoms with Crippen LogP contribution in [0.3, 0.4) is 0 Å². The van der Waals surface area contributed by atoms with Crippen molar-refractivity contribution in [2.75, 3.05) is 37.6 Å². The number of benzene rings is 1. The molecular weight excluding hydrogens is 280 g/mol. The zero-order chi connectivity index (χ0) is 15.4. The van der Waals surface area contributed by atoms with Gasteiger partial charge in [0.25, 0.3) is 0 Å². The molecule has 1 aromatic rings. The first-order chi connectivity index (χ1) is 10.7. The van der Waals surface area contributed by atoms with Crippen LogP contribution in [0.2, 0.25) is 0 Å². The molecule has 0 unspecified atom stereocenters. The topological polar surface area (TPSA) is 64.7 Å². The first-order valence-electron chi connectivity index (χ1n) is 7.84. The van der Waals surface area contributed by atoms with Crippen LogP contribution in [0.15, 0.2) is 30.3 Å². The molecule has 3 rings (SSSR count). The van der Waals surface area contributed by atoms with Crippen molar-refractivity contribution < 1.29 is 9.59 Å². The van der Waals surface area contributed by atoms with Crippen LogP contribution in [0, 0.1) is 0 Å². The minimum absolute atomic E-state index is 0.0151. The van der Waals surface area contributed by atoms with Crippen molar-refractivity contribution in [1.82, 2.24) is 15.5 Å². The Balaban J connectivity index is 1.40. The van der Waals surface area contributed by atoms with Gasteiger partial charge in [0.15, 0.2) is 0 Å². The maximum atomic E-state index is 12.1. The molecular formula is C16H22N4O2. The molecule has 1 saturated carbocycles. The number of nitrogens with zero attached hydrogens (tertiary/aromatic N) is 2. The van der Waals surface area contributed by atoms with Gasteiger partial charge in [0.05, 0.1) is 6.54 Å². The maximum Gasteiger partial charge on any atom is 0.315 e. The van der Waals surface area contributed by atoms with Crippen LogP contribution >= 0.6 is 0 Å². The van der Waals surface area contributed by atoms with Gasteiger partial charge in [0, 0.05) is 37.9 Å². The Kier molecular flexibility index (Phi) is 4.46. The molecule has 1 aliphatic heterocycles. The van der Waals surface area contributed by atoms with E-state index < -0.39 is 0 Å². The van der Waals surface area contributed by atoms with Gasteiger partial charge in [-0.25, -0.2) is 4.79 Å². The average Bonchev–Trinajstić information content (AvgIpc) is 3.37. The summed E-state index contributed by atoms with van der Waals surface area (Å²) >= 11 is 0. The van der Waals surface area contributed by atoms with Crippen LogP contribution in [0.1, 0.15) is 12.8 Å². The first-order valence-corrected chi connectivity index (χ1v) is 7.84. The number of carbonyl (C=O) groups excluding carboxylic acids is 2. The molecule has 0 aromatic heterocycles. The quantitative estimate of drug-likeness (QED) is 0.864. The van der Waals surface area contributed by atoms with E-state index in [1.807, 2.05) is 23.1 Å². The lowest BCUT2D eigenvalue weighted by Crippen LogP contribution is -2.52. The lowest BCUT2D eigenvalue weighted by atomic mass is 10.2. The van der Waals surface area contributed by atoms with Gasteiger partial charge >= 0.3 is 6.03 Å². The molecule has 1 saturated heterocycles. The SMILES string of the molecule is O=C(NCC(=O)N1CCN(c2ccccc2)CC1)NC1CC1. The van der Waals surface area contributed by atoms with Crippen LogP contribution in [0.5, 0.6) is 0 Å². The highest BCUT2D eigenvalue weighted by Gasteiger charge is 2.24. The van der Waals surface area contributed by atoms with E-state index in [4.69, 9.17) is 0 Å². The zero-order valence-electron chi connectivity index (χ0n) is 12.6. The van der Waals surface area contributed by atoms with Crippen molar-refractivity contribution >= 4 is 17.6 Å². The van der Waals surface area contributed by atoms with Gasteiger partial charge in [-0.2, -0.15) is 0 Å². The Morgan fingerprint density at radius 3 is 2.36 bits per heavy atom. The summed E-state index contributed by atoms with van der Waals surface area (Å²) < 4.78 is 0. The minimum Gasteiger partial charge on any atom is -0.368 e. The van der Waals surface area contributed by atoms with Crippen LogP contribution in [-0.2, 0) is 4.79 Å². The molecule has 1 heterocycles. The monoisotopic (exact) mass is 302 g/mol. The van der Waals surface area contributed by atoms with Crippen molar-refractivity contribution in [2.24, 2.45) is 0 Å². The molecule has 0 spiro atoms. The maximum absolute atomic E-state index is 12.1. The van der Waals surface area contributed by atoms with E-state index in [2.05, 4.69) is 27.7 Å². The number of hydrogen-bond acceptors (Lipinski definition) is 3. The third kappa shape index (κ3) is 3.90. The molecule has 2 aliphatic rings. The number of amides is 3. The highest BCUT2D eigenvalue weighted by Crippen LogP contribution is 2.18. The molecule has 6 nitrogen and oxygen atoms in total. The number of para-hydroxylation sites is 1. The fraction of sp³-hybridized carbons (Fsp3) is 0.500. The third-order valence-electron chi connectivity index (χ3n) is 4.07. The van der Waals surface area contributed by atoms with Gasteiger partial charge in [-0.1, -0.05) is 18.2 Å². The summed E-state index contributed by atoms with van der Waals surface area (Å²) in [6.45, 7) is 3.11. The zero-order valence-corrected chi connectivity index (χ0v) is 12.6. The highest BCUT2D eigenvalue weighted by molar-refractivity contribution is 5.84. The van der Waals surface area contributed by atoms with E-state index in [-0.39, 0.29) is 18.5 Å². The summed E-state index contributed by atoms with van der Waals surface area (Å²) in [5.74, 6) is -0.0151. The summed E-state index contributed by atoms with van der Waals surface area (Å²) in [4.78, 5) is 27.7. The van der Waals surface area contributed by atoms with Gasteiger partial charge in [0.1, 0.15) is 0 Å². The third-order valence-corrected chi connectivity index (χ3v) is 4.07. The predicted octanol–water partition coefficient (Wildman–Crippen LogP) is 0.797. The van der Waals surface area contributed by atoms with E-state index in [0.29, 0.717) is 19.1 Å². The molecule has 1 aromatic carbocycles. The number of urea groups is 1. The normalized spacial score (nSPS) is 18.0. The summed E-state index contributed by atoms with van der Waals surface area (Å²) in [6, 6.07) is 10.3. The summed E-state index contributed by atoms with van der Waals surface area (Å²) in [5, 5.41) is 5.45. The molecule has 0 atom stereocenters. The standard InChI is InChI=1S/C16H22N4O2/c21-15(12-17-16(22)18-13-6-7-13)20-10-8-19(9-11-20)14-4-2-1-3-5-14/h1-5,13H,6-12H2,(H2,17,18,22). The van der Waals surface area contributed by atoms with E-state index in [1.54, 1.807) is 0 Å². The largest absolute Gasteiger partial charge is 0.368 e. The van der Waals surface area contributed by atoms with E-state index >= 15 is 0 Å². The number of nitrogens with one attached hydrogen (secondary N) is 2. The fourth-order valence-electron chi connectivity index (χ4n) is 2.58. The lowest BCUT2D eigenvalue weighted by Gasteiger charge is -2.36. The number of anilines is 1. The van der Waals surface area contributed by atoms with Gasteiger partial charge in [-0.05, 0) is 25.0 Å². The van der Waals surface area contributed by atoms with Gasteiger partial charge in [-0.3, -0.25) is 4.79 Å². The second-order valence-corrected chi connectivity index (χ2v) is 5.80. The van der Waals surface area contributed by atoms with Crippen LogP contribution in [0.4, 0.5) is 10.5 Å². The predicted molar refractivity (Wildman–Crippen MR) is 84.8 cm³/mol. The summed E-state index contributed by atoms with van der Waals surface area (Å²) in [6.07, 6.45) is 2.09. The number of piperazine rings is 1. The molecule has 6 heteroatoms. The van der Waals surface area contributed by atoms with Crippen LogP contribution in [-0.4, -0.2) is 55.6 Å². The van der Waals surface area contributed by atoms with E-state index in [1.165, 1.54) is 5.69 Å². The molecule has 0 radical (unpaired) electrons. The van der Waals surface area contributed by atoms with Crippen molar-refractivity contribution in [3.8, 4) is 0 Å². The second-order valence-electron chi connectivity index (χ2n) is 5.80. The Bertz CT molecular complexity index is 522. The molecule has 2 fully saturated rings. The molecule has 1 aliphatic carbocycles. The Morgan fingerprint density at radius 2 is 1.73 bits per heavy atom. The second kappa shape index (κ2) is 6.68. The fourth-order valence-corrected chi connectivity index (χ4v) is 2.58. The molecule has 3 amide bonds. The number of rotatable bonds is 4. The minimum atomic E-state index is -0.237. The van der Waals surface area contributed by atoms with Gasteiger partial charge in [-0.15, -0.1) is 0 Å². The van der Waals surface area contributed by atoms with Crippen LogP contribution < -0.4 is 15.5 Å². The smallest absolute Gasteiger partial charge is 0.315 e. The van der Waals surface area contributed by atoms with Crippen molar-refractivity contribution in [3.05, 3.63) is 30.3 Å². The number of hydrogen-bond donors (Lipinski definition) is 2. The average molecular weight is 302 g/mol. The van der Waals surface area contributed by atoms with Crippen molar-refractivity contribution in [1.29, 1.82) is 0 Å². The summed E-state index contributed by atoms with van der Waals surface area (Å²) in [5.41, 5.74) is 1.19. The summed E-state index contributed by atoms with van der Waals surface area (Å²) in [7, 11) is 0. The first kappa shape index (κ1) is 14.7. The Labute approximate surface area is 130 Å². The van der Waals surface area contributed by atoms with Crippen LogP contribution in [0.25, 0.3) is 0 Å². The van der Waals surface area contributed by atoms with Crippen molar-refractivity contribution in [3.63, 3.8) is 0 Å². The van der Waals surface area contributed by atoms with Gasteiger partial charge in [0.2, 0.25) is 5.91 Å². The molecule has 0 bridgehead atoms. The Hall–Kier alpha value is -2.24. The number of carbonyl (C=O) groups is 2. The van der Waals surface area contributed by atoms with Gasteiger partial charge < -0.3 is 20.4 Å². The molecule has 118 valence electrons. The molecule has 22 heavy (non-hydrogen) atoms. The molecule has 2 N–H and O–H groups in total. The van der Waals surface area contributed by atoms with E-state index in [0.717, 1.165) is 25.9 Å². The highest BCUT2D eigenvalue weighted by atomic mass is 16.2. The Morgan fingerprint density at radius 1 is 1.05 bits per heavy atom. The lowest BCUT2D eigenvalue weighted by molar-refractivity contribution is -0.130.